The van der Waals surface area contributed by atoms with Gasteiger partial charge in [0.25, 0.3) is 0 Å². The van der Waals surface area contributed by atoms with Crippen molar-refractivity contribution in [3.05, 3.63) is 5.28 Å². The smallest absolute Gasteiger partial charge is 0.228 e. The summed E-state index contributed by atoms with van der Waals surface area (Å²) >= 11 is 5.85. The van der Waals surface area contributed by atoms with Crippen LogP contribution >= 0.6 is 11.6 Å². The molecule has 1 saturated carbocycles. The fourth-order valence-corrected chi connectivity index (χ4v) is 1.88. The molecule has 3 N–H and O–H groups in total. The number of carbonyl (C=O) groups is 1. The van der Waals surface area contributed by atoms with Crippen molar-refractivity contribution >= 4 is 29.4 Å². The fraction of sp³-hybridized carbons (Fsp3) is 0.692. The van der Waals surface area contributed by atoms with Gasteiger partial charge in [-0.1, -0.05) is 6.92 Å². The molecule has 1 amide bonds. The lowest BCUT2D eigenvalue weighted by Crippen LogP contribution is -2.25. The second-order valence-corrected chi connectivity index (χ2v) is 5.39. The van der Waals surface area contributed by atoms with E-state index in [1.165, 1.54) is 0 Å². The van der Waals surface area contributed by atoms with Crippen molar-refractivity contribution in [2.75, 3.05) is 23.7 Å². The molecule has 116 valence electrons. The topological polar surface area (TPSA) is 91.8 Å². The van der Waals surface area contributed by atoms with Gasteiger partial charge >= 0.3 is 0 Å². The highest BCUT2D eigenvalue weighted by Crippen LogP contribution is 2.18. The minimum atomic E-state index is 0.110. The summed E-state index contributed by atoms with van der Waals surface area (Å²) in [7, 11) is 0. The van der Waals surface area contributed by atoms with Gasteiger partial charge in [0.05, 0.1) is 0 Å². The molecule has 1 aliphatic rings. The van der Waals surface area contributed by atoms with Crippen molar-refractivity contribution < 1.29 is 4.79 Å². The van der Waals surface area contributed by atoms with Gasteiger partial charge in [0.15, 0.2) is 0 Å². The highest BCUT2D eigenvalue weighted by atomic mass is 35.5. The molecule has 1 aromatic heterocycles. The Morgan fingerprint density at radius 3 is 2.48 bits per heavy atom. The first-order valence-corrected chi connectivity index (χ1v) is 7.74. The second-order valence-electron chi connectivity index (χ2n) is 5.05. The summed E-state index contributed by atoms with van der Waals surface area (Å²) in [5.41, 5.74) is 0. The van der Waals surface area contributed by atoms with Gasteiger partial charge in [0.1, 0.15) is 0 Å². The molecule has 0 aromatic carbocycles. The van der Waals surface area contributed by atoms with Crippen molar-refractivity contribution in [3.63, 3.8) is 0 Å². The normalized spacial score (nSPS) is 13.8. The lowest BCUT2D eigenvalue weighted by Gasteiger charge is -2.08. The molecule has 1 heterocycles. The molecule has 7 nitrogen and oxygen atoms in total. The summed E-state index contributed by atoms with van der Waals surface area (Å²) in [6, 6.07) is 0.417. The zero-order chi connectivity index (χ0) is 15.1. The van der Waals surface area contributed by atoms with Gasteiger partial charge in [-0.2, -0.15) is 15.0 Å². The van der Waals surface area contributed by atoms with E-state index < -0.39 is 0 Å². The van der Waals surface area contributed by atoms with E-state index in [1.54, 1.807) is 0 Å². The molecule has 1 fully saturated rings. The lowest BCUT2D eigenvalue weighted by atomic mass is 10.3. The van der Waals surface area contributed by atoms with Crippen LogP contribution in [-0.2, 0) is 4.79 Å². The third-order valence-corrected chi connectivity index (χ3v) is 3.12. The average Bonchev–Trinajstić information content (AvgIpc) is 3.25. The van der Waals surface area contributed by atoms with Crippen LogP contribution in [0.2, 0.25) is 5.28 Å². The van der Waals surface area contributed by atoms with Gasteiger partial charge in [-0.05, 0) is 37.3 Å². The molecular formula is C13H21ClN6O. The monoisotopic (exact) mass is 312 g/mol. The third kappa shape index (κ3) is 6.12. The van der Waals surface area contributed by atoms with E-state index in [-0.39, 0.29) is 11.2 Å². The minimum Gasteiger partial charge on any atom is -0.354 e. The van der Waals surface area contributed by atoms with Crippen LogP contribution in [0.4, 0.5) is 11.9 Å². The number of rotatable bonds is 9. The van der Waals surface area contributed by atoms with Gasteiger partial charge in [-0.25, -0.2) is 0 Å². The van der Waals surface area contributed by atoms with E-state index in [1.807, 2.05) is 0 Å². The van der Waals surface area contributed by atoms with Crippen LogP contribution in [0, 0.1) is 0 Å². The van der Waals surface area contributed by atoms with Crippen LogP contribution < -0.4 is 16.0 Å². The molecule has 2 rings (SSSR count). The molecule has 0 spiro atoms. The molecular weight excluding hydrogens is 292 g/mol. The van der Waals surface area contributed by atoms with Crippen LogP contribution in [0.1, 0.15) is 39.0 Å². The first-order valence-electron chi connectivity index (χ1n) is 7.36. The van der Waals surface area contributed by atoms with Crippen molar-refractivity contribution in [3.8, 4) is 0 Å². The number of aromatic nitrogens is 3. The number of amides is 1. The third-order valence-electron chi connectivity index (χ3n) is 2.95. The molecule has 8 heteroatoms. The molecule has 0 bridgehead atoms. The quantitative estimate of drug-likeness (QED) is 0.602. The van der Waals surface area contributed by atoms with Gasteiger partial charge < -0.3 is 16.0 Å². The van der Waals surface area contributed by atoms with Gasteiger partial charge in [-0.3, -0.25) is 4.79 Å². The fourth-order valence-electron chi connectivity index (χ4n) is 1.72. The van der Waals surface area contributed by atoms with E-state index in [9.17, 15) is 4.79 Å². The molecule has 1 aliphatic carbocycles. The Balaban J connectivity index is 1.71. The Kier molecular flexibility index (Phi) is 5.98. The molecule has 0 saturated heterocycles. The number of hydrogen-bond acceptors (Lipinski definition) is 6. The lowest BCUT2D eigenvalue weighted by molar-refractivity contribution is -0.121. The van der Waals surface area contributed by atoms with Gasteiger partial charge in [-0.15, -0.1) is 0 Å². The Labute approximate surface area is 129 Å². The number of carbonyl (C=O) groups excluding carboxylic acids is 1. The molecule has 0 atom stereocenters. The number of anilines is 2. The number of hydrogen-bond donors (Lipinski definition) is 3. The van der Waals surface area contributed by atoms with E-state index in [0.717, 1.165) is 32.2 Å². The van der Waals surface area contributed by atoms with Gasteiger partial charge in [0, 0.05) is 25.6 Å². The molecule has 1 aromatic rings. The molecule has 21 heavy (non-hydrogen) atoms. The minimum absolute atomic E-state index is 0.110. The van der Waals surface area contributed by atoms with E-state index in [2.05, 4.69) is 37.8 Å². The van der Waals surface area contributed by atoms with Crippen LogP contribution in [0.25, 0.3) is 0 Å². The van der Waals surface area contributed by atoms with Crippen molar-refractivity contribution in [2.45, 2.75) is 45.1 Å². The van der Waals surface area contributed by atoms with Crippen molar-refractivity contribution in [1.82, 2.24) is 20.3 Å². The maximum Gasteiger partial charge on any atom is 0.228 e. The predicted molar refractivity (Wildman–Crippen MR) is 82.5 cm³/mol. The predicted octanol–water partition coefficient (Wildman–Crippen LogP) is 1.82. The molecule has 0 radical (unpaired) electrons. The summed E-state index contributed by atoms with van der Waals surface area (Å²) in [6.45, 7) is 3.45. The van der Waals surface area contributed by atoms with Crippen LogP contribution in [0.15, 0.2) is 0 Å². The standard InChI is InChI=1S/C13H21ClN6O/c1-2-7-15-12-18-11(14)19-13(20-12)16-8-3-4-10(21)17-9-5-6-9/h9H,2-8H2,1H3,(H,17,21)(H2,15,16,18,19,20). The van der Waals surface area contributed by atoms with E-state index >= 15 is 0 Å². The summed E-state index contributed by atoms with van der Waals surface area (Å²) in [5, 5.41) is 9.23. The first kappa shape index (κ1) is 15.8. The summed E-state index contributed by atoms with van der Waals surface area (Å²) in [6.07, 6.45) is 4.42. The second kappa shape index (κ2) is 7.97. The van der Waals surface area contributed by atoms with E-state index in [0.29, 0.717) is 30.9 Å². The Morgan fingerprint density at radius 2 is 1.86 bits per heavy atom. The van der Waals surface area contributed by atoms with Crippen LogP contribution in [0.5, 0.6) is 0 Å². The highest BCUT2D eigenvalue weighted by molar-refractivity contribution is 6.28. The van der Waals surface area contributed by atoms with Crippen molar-refractivity contribution in [2.24, 2.45) is 0 Å². The zero-order valence-electron chi connectivity index (χ0n) is 12.2. The summed E-state index contributed by atoms with van der Waals surface area (Å²) in [5.74, 6) is 1.00. The van der Waals surface area contributed by atoms with Crippen LogP contribution in [0.3, 0.4) is 0 Å². The summed E-state index contributed by atoms with van der Waals surface area (Å²) < 4.78 is 0. The Morgan fingerprint density at radius 1 is 1.19 bits per heavy atom. The first-order chi connectivity index (χ1) is 10.2. The maximum absolute atomic E-state index is 11.5. The maximum atomic E-state index is 11.5. The highest BCUT2D eigenvalue weighted by Gasteiger charge is 2.22. The van der Waals surface area contributed by atoms with Crippen molar-refractivity contribution in [1.29, 1.82) is 0 Å². The SMILES string of the molecule is CCCNc1nc(Cl)nc(NCCCC(=O)NC2CC2)n1. The largest absolute Gasteiger partial charge is 0.354 e. The van der Waals surface area contributed by atoms with Gasteiger partial charge in [0.2, 0.25) is 23.1 Å². The Bertz CT molecular complexity index is 480. The average molecular weight is 313 g/mol. The molecule has 0 unspecified atom stereocenters. The van der Waals surface area contributed by atoms with E-state index in [4.69, 9.17) is 11.6 Å². The number of halogens is 1. The number of nitrogens with one attached hydrogen (secondary N) is 3. The van der Waals surface area contributed by atoms with Crippen LogP contribution in [-0.4, -0.2) is 40.0 Å². The molecule has 0 aliphatic heterocycles. The summed E-state index contributed by atoms with van der Waals surface area (Å²) in [4.78, 5) is 23.7. The number of nitrogens with zero attached hydrogens (tertiary/aromatic N) is 3. The zero-order valence-corrected chi connectivity index (χ0v) is 12.9. The Hall–Kier alpha value is -1.63.